The Hall–Kier alpha value is -0.320. The maximum Gasteiger partial charge on any atom is 0.186 e. The molecule has 4 aliphatic carbocycles. The minimum absolute atomic E-state index is 0.0416. The van der Waals surface area contributed by atoms with Crippen molar-refractivity contribution in [2.24, 2.45) is 52.3 Å². The number of fused-ring (bicyclic) bond motifs is 7. The Bertz CT molecular complexity index is 953. The number of hydrogen-bond acceptors (Lipinski definition) is 8. The van der Waals surface area contributed by atoms with Crippen LogP contribution >= 0.6 is 0 Å². The van der Waals surface area contributed by atoms with Gasteiger partial charge in [-0.3, -0.25) is 0 Å². The molecule has 4 N–H and O–H groups in total. The summed E-state index contributed by atoms with van der Waals surface area (Å²) in [7, 11) is 0. The van der Waals surface area contributed by atoms with Gasteiger partial charge >= 0.3 is 0 Å². The van der Waals surface area contributed by atoms with Crippen molar-refractivity contribution >= 4 is 0 Å². The van der Waals surface area contributed by atoms with Crippen LogP contribution in [-0.2, 0) is 18.9 Å². The van der Waals surface area contributed by atoms with Crippen molar-refractivity contribution in [1.82, 2.24) is 0 Å². The van der Waals surface area contributed by atoms with E-state index in [1.54, 1.807) is 0 Å². The fraction of sp³-hybridized carbons (Fsp3) is 1.00. The summed E-state index contributed by atoms with van der Waals surface area (Å²) in [4.78, 5) is 0. The third-order valence-corrected chi connectivity index (χ3v) is 13.7. The standard InChI is InChI=1S/C32H52O8/c1-16-5-10-32(38-14-16)17(2)26-25(40-32)13-21-19-12-24(39-29-28(36)27(35)23(34)15-37-29)22-11-18(33)6-8-30(22,3)20(19)7-9-31(21,26)4/h16-29,33-36H,5-15H2,1-4H3/t16-,17-,18-,19+,20-,21+,22+,23+,24-,25-,26-,27-,28+,29-,30+,31-,32+/m0/s1. The molecule has 7 aliphatic rings. The minimum Gasteiger partial charge on any atom is -0.393 e. The average molecular weight is 565 g/mol. The van der Waals surface area contributed by atoms with E-state index in [1.165, 1.54) is 19.3 Å². The number of rotatable bonds is 2. The molecule has 0 aromatic rings. The molecule has 3 aliphatic heterocycles. The first-order valence-corrected chi connectivity index (χ1v) is 16.3. The van der Waals surface area contributed by atoms with Crippen LogP contribution in [0.2, 0.25) is 0 Å². The van der Waals surface area contributed by atoms with E-state index >= 15 is 0 Å². The van der Waals surface area contributed by atoms with Crippen LogP contribution in [0.25, 0.3) is 0 Å². The van der Waals surface area contributed by atoms with Crippen LogP contribution in [0.4, 0.5) is 0 Å². The van der Waals surface area contributed by atoms with Crippen LogP contribution in [0.15, 0.2) is 0 Å². The quantitative estimate of drug-likeness (QED) is 0.378. The van der Waals surface area contributed by atoms with Gasteiger partial charge in [0.1, 0.15) is 18.3 Å². The molecule has 1 spiro atoms. The fourth-order valence-corrected chi connectivity index (χ4v) is 11.5. The van der Waals surface area contributed by atoms with Crippen LogP contribution in [0.3, 0.4) is 0 Å². The van der Waals surface area contributed by atoms with Crippen LogP contribution in [0, 0.1) is 52.3 Å². The largest absolute Gasteiger partial charge is 0.393 e. The van der Waals surface area contributed by atoms with Crippen molar-refractivity contribution in [3.63, 3.8) is 0 Å². The Morgan fingerprint density at radius 1 is 0.775 bits per heavy atom. The first-order chi connectivity index (χ1) is 19.0. The first kappa shape index (κ1) is 28.5. The van der Waals surface area contributed by atoms with Gasteiger partial charge in [-0.2, -0.15) is 0 Å². The van der Waals surface area contributed by atoms with Gasteiger partial charge in [0, 0.05) is 12.3 Å². The Morgan fingerprint density at radius 3 is 2.30 bits per heavy atom. The maximum atomic E-state index is 10.7. The van der Waals surface area contributed by atoms with Crippen molar-refractivity contribution in [1.29, 1.82) is 0 Å². The smallest absolute Gasteiger partial charge is 0.186 e. The van der Waals surface area contributed by atoms with Gasteiger partial charge in [0.25, 0.3) is 0 Å². The molecule has 0 unspecified atom stereocenters. The van der Waals surface area contributed by atoms with E-state index in [-0.39, 0.29) is 41.7 Å². The van der Waals surface area contributed by atoms with Crippen LogP contribution in [0.5, 0.6) is 0 Å². The van der Waals surface area contributed by atoms with E-state index in [2.05, 4.69) is 27.7 Å². The lowest BCUT2D eigenvalue weighted by Crippen LogP contribution is -2.61. The van der Waals surface area contributed by atoms with Gasteiger partial charge in [0.2, 0.25) is 0 Å². The van der Waals surface area contributed by atoms with Gasteiger partial charge in [0.05, 0.1) is 31.5 Å². The molecule has 0 aromatic heterocycles. The summed E-state index contributed by atoms with van der Waals surface area (Å²) in [6, 6.07) is 0. The van der Waals surface area contributed by atoms with Gasteiger partial charge in [-0.15, -0.1) is 0 Å². The highest BCUT2D eigenvalue weighted by atomic mass is 16.7. The summed E-state index contributed by atoms with van der Waals surface area (Å²) >= 11 is 0. The average Bonchev–Trinajstić information content (AvgIpc) is 3.37. The highest BCUT2D eigenvalue weighted by Crippen LogP contribution is 2.71. The molecular weight excluding hydrogens is 512 g/mol. The molecule has 0 bridgehead atoms. The highest BCUT2D eigenvalue weighted by molar-refractivity contribution is 5.16. The molecular formula is C32H52O8. The molecule has 40 heavy (non-hydrogen) atoms. The van der Waals surface area contributed by atoms with Crippen molar-refractivity contribution in [2.75, 3.05) is 13.2 Å². The molecule has 17 atom stereocenters. The molecule has 0 amide bonds. The lowest BCUT2D eigenvalue weighted by atomic mass is 9.43. The molecule has 7 rings (SSSR count). The second kappa shape index (κ2) is 9.85. The molecule has 7 fully saturated rings. The summed E-state index contributed by atoms with van der Waals surface area (Å²) < 4.78 is 25.8. The van der Waals surface area contributed by atoms with Crippen molar-refractivity contribution < 1.29 is 39.4 Å². The second-order valence-electron chi connectivity index (χ2n) is 15.6. The first-order valence-electron chi connectivity index (χ1n) is 16.3. The summed E-state index contributed by atoms with van der Waals surface area (Å²) in [5.74, 6) is 2.79. The number of aliphatic hydroxyl groups is 4. The highest BCUT2D eigenvalue weighted by Gasteiger charge is 2.70. The predicted octanol–water partition coefficient (Wildman–Crippen LogP) is 3.23. The predicted molar refractivity (Wildman–Crippen MR) is 146 cm³/mol. The zero-order chi connectivity index (χ0) is 28.2. The van der Waals surface area contributed by atoms with Gasteiger partial charge in [-0.1, -0.05) is 27.7 Å². The molecule has 0 radical (unpaired) electrons. The van der Waals surface area contributed by atoms with Crippen molar-refractivity contribution in [3.8, 4) is 0 Å². The molecule has 228 valence electrons. The van der Waals surface area contributed by atoms with E-state index in [4.69, 9.17) is 18.9 Å². The molecule has 0 aromatic carbocycles. The van der Waals surface area contributed by atoms with E-state index in [1.807, 2.05) is 0 Å². The fourth-order valence-electron chi connectivity index (χ4n) is 11.5. The summed E-state index contributed by atoms with van der Waals surface area (Å²) in [5.41, 5.74) is 0.226. The third kappa shape index (κ3) is 4.06. The van der Waals surface area contributed by atoms with Crippen molar-refractivity contribution in [3.05, 3.63) is 0 Å². The summed E-state index contributed by atoms with van der Waals surface area (Å²) in [5, 5.41) is 41.8. The molecule has 8 nitrogen and oxygen atoms in total. The van der Waals surface area contributed by atoms with Gasteiger partial charge < -0.3 is 39.4 Å². The number of hydrogen-bond donors (Lipinski definition) is 4. The van der Waals surface area contributed by atoms with Gasteiger partial charge in [-0.25, -0.2) is 0 Å². The minimum atomic E-state index is -1.30. The molecule has 4 saturated carbocycles. The molecule has 8 heteroatoms. The van der Waals surface area contributed by atoms with Gasteiger partial charge in [0.15, 0.2) is 12.1 Å². The van der Waals surface area contributed by atoms with E-state index in [0.717, 1.165) is 38.7 Å². The molecule has 3 saturated heterocycles. The summed E-state index contributed by atoms with van der Waals surface area (Å²) in [6.07, 6.45) is 4.04. The lowest BCUT2D eigenvalue weighted by molar-refractivity contribution is -0.306. The number of ether oxygens (including phenoxy) is 4. The summed E-state index contributed by atoms with van der Waals surface area (Å²) in [6.45, 7) is 10.3. The van der Waals surface area contributed by atoms with Crippen molar-refractivity contribution in [2.45, 2.75) is 134 Å². The second-order valence-corrected chi connectivity index (χ2v) is 15.6. The van der Waals surface area contributed by atoms with E-state index in [9.17, 15) is 20.4 Å². The maximum absolute atomic E-state index is 10.7. The zero-order valence-corrected chi connectivity index (χ0v) is 24.8. The van der Waals surface area contributed by atoms with Crippen LogP contribution < -0.4 is 0 Å². The monoisotopic (exact) mass is 564 g/mol. The Kier molecular flexibility index (Phi) is 7.00. The SMILES string of the molecule is C[C@H]1CC[C@@]2(OC1)O[C@H]1C[C@@H]3[C@@H]4C[C@H](O[C@@H]5OC[C@@H](O)[C@H](O)[C@H]5O)[C@H]5C[C@@H](O)CC[C@]5(C)[C@H]4CC[C@]3(C)[C@H]1[C@@H]2C. The lowest BCUT2D eigenvalue weighted by Gasteiger charge is -2.63. The number of aliphatic hydroxyl groups excluding tert-OH is 4. The van der Waals surface area contributed by atoms with E-state index in [0.29, 0.717) is 41.9 Å². The zero-order valence-electron chi connectivity index (χ0n) is 24.8. The van der Waals surface area contributed by atoms with Gasteiger partial charge in [-0.05, 0) is 97.7 Å². The Balaban J connectivity index is 1.16. The topological polar surface area (TPSA) is 118 Å². The normalized spacial score (nSPS) is 61.5. The van der Waals surface area contributed by atoms with Crippen LogP contribution in [-0.4, -0.2) is 82.3 Å². The third-order valence-electron chi connectivity index (χ3n) is 13.7. The Morgan fingerprint density at radius 2 is 1.55 bits per heavy atom. The van der Waals surface area contributed by atoms with Crippen LogP contribution in [0.1, 0.15) is 85.5 Å². The molecule has 3 heterocycles. The van der Waals surface area contributed by atoms with E-state index < -0.39 is 30.4 Å². The Labute approximate surface area is 239 Å².